The van der Waals surface area contributed by atoms with E-state index < -0.39 is 9.05 Å². The SMILES string of the molecule is CCN(C(=O)c1cc(Cl)cc(S(=O)(=O)Cl)c1Cl)C1CC1. The number of nitrogens with zero attached hydrogens (tertiary/aromatic N) is 1. The van der Waals surface area contributed by atoms with Gasteiger partial charge in [-0.1, -0.05) is 23.2 Å². The number of hydrogen-bond acceptors (Lipinski definition) is 3. The summed E-state index contributed by atoms with van der Waals surface area (Å²) < 4.78 is 22.9. The topological polar surface area (TPSA) is 54.5 Å². The molecule has 0 unspecified atom stereocenters. The summed E-state index contributed by atoms with van der Waals surface area (Å²) in [4.78, 5) is 13.8. The highest BCUT2D eigenvalue weighted by Gasteiger charge is 2.33. The van der Waals surface area contributed by atoms with Crippen molar-refractivity contribution < 1.29 is 13.2 Å². The monoisotopic (exact) mass is 355 g/mol. The molecule has 1 aliphatic carbocycles. The first kappa shape index (κ1) is 15.9. The summed E-state index contributed by atoms with van der Waals surface area (Å²) in [6.07, 6.45) is 1.89. The molecule has 4 nitrogen and oxygen atoms in total. The van der Waals surface area contributed by atoms with E-state index in [4.69, 9.17) is 33.9 Å². The Morgan fingerprint density at radius 2 is 1.95 bits per heavy atom. The van der Waals surface area contributed by atoms with Crippen molar-refractivity contribution in [1.29, 1.82) is 0 Å². The van der Waals surface area contributed by atoms with Gasteiger partial charge in [0.1, 0.15) is 4.90 Å². The van der Waals surface area contributed by atoms with Crippen LogP contribution in [-0.4, -0.2) is 31.8 Å². The molecular weight excluding hydrogens is 345 g/mol. The smallest absolute Gasteiger partial charge is 0.262 e. The van der Waals surface area contributed by atoms with Gasteiger partial charge in [-0.3, -0.25) is 4.79 Å². The van der Waals surface area contributed by atoms with E-state index in [2.05, 4.69) is 0 Å². The number of carbonyl (C=O) groups is 1. The fourth-order valence-corrected chi connectivity index (χ4v) is 3.86. The van der Waals surface area contributed by atoms with E-state index in [1.54, 1.807) is 4.90 Å². The van der Waals surface area contributed by atoms with Crippen LogP contribution in [0.4, 0.5) is 0 Å². The normalized spacial score (nSPS) is 15.2. The van der Waals surface area contributed by atoms with Gasteiger partial charge in [0, 0.05) is 28.3 Å². The van der Waals surface area contributed by atoms with Crippen molar-refractivity contribution in [3.63, 3.8) is 0 Å². The molecule has 0 aromatic heterocycles. The molecule has 8 heteroatoms. The zero-order valence-corrected chi connectivity index (χ0v) is 13.7. The molecule has 1 aliphatic rings. The minimum atomic E-state index is -4.06. The Morgan fingerprint density at radius 3 is 2.40 bits per heavy atom. The highest BCUT2D eigenvalue weighted by atomic mass is 35.7. The minimum Gasteiger partial charge on any atom is -0.336 e. The van der Waals surface area contributed by atoms with Gasteiger partial charge in [-0.15, -0.1) is 0 Å². The third kappa shape index (κ3) is 3.22. The van der Waals surface area contributed by atoms with Crippen LogP contribution in [0.2, 0.25) is 10.0 Å². The van der Waals surface area contributed by atoms with Gasteiger partial charge in [0.05, 0.1) is 10.6 Å². The molecule has 0 N–H and O–H groups in total. The average Bonchev–Trinajstić information content (AvgIpc) is 3.15. The molecule has 1 amide bonds. The first-order valence-electron chi connectivity index (χ1n) is 6.00. The Labute approximate surface area is 132 Å². The van der Waals surface area contributed by atoms with Crippen molar-refractivity contribution in [2.24, 2.45) is 0 Å². The highest BCUT2D eigenvalue weighted by Crippen LogP contribution is 2.34. The van der Waals surface area contributed by atoms with E-state index in [0.29, 0.717) is 6.54 Å². The molecule has 1 fully saturated rings. The van der Waals surface area contributed by atoms with Crippen molar-refractivity contribution in [1.82, 2.24) is 4.90 Å². The molecule has 1 aromatic rings. The van der Waals surface area contributed by atoms with Gasteiger partial charge < -0.3 is 4.90 Å². The van der Waals surface area contributed by atoms with Gasteiger partial charge >= 0.3 is 0 Å². The summed E-state index contributed by atoms with van der Waals surface area (Å²) in [6, 6.07) is 2.69. The maximum absolute atomic E-state index is 12.5. The zero-order valence-electron chi connectivity index (χ0n) is 10.6. The van der Waals surface area contributed by atoms with Crippen molar-refractivity contribution in [3.8, 4) is 0 Å². The molecule has 2 rings (SSSR count). The second kappa shape index (κ2) is 5.72. The van der Waals surface area contributed by atoms with Crippen LogP contribution < -0.4 is 0 Å². The van der Waals surface area contributed by atoms with E-state index in [-0.39, 0.29) is 32.5 Å². The molecule has 0 bridgehead atoms. The molecular formula is C12H12Cl3NO3S. The molecule has 0 aliphatic heterocycles. The third-order valence-corrected chi connectivity index (χ3v) is 5.17. The lowest BCUT2D eigenvalue weighted by Crippen LogP contribution is -2.33. The van der Waals surface area contributed by atoms with Gasteiger partial charge in [-0.05, 0) is 31.9 Å². The van der Waals surface area contributed by atoms with Crippen LogP contribution in [0.1, 0.15) is 30.1 Å². The second-order valence-corrected chi connectivity index (χ2v) is 7.87. The molecule has 20 heavy (non-hydrogen) atoms. The molecule has 0 saturated heterocycles. The zero-order chi connectivity index (χ0) is 15.1. The third-order valence-electron chi connectivity index (χ3n) is 3.09. The van der Waals surface area contributed by atoms with E-state index in [9.17, 15) is 13.2 Å². The van der Waals surface area contributed by atoms with Gasteiger partial charge in [0.15, 0.2) is 0 Å². The maximum atomic E-state index is 12.5. The lowest BCUT2D eigenvalue weighted by Gasteiger charge is -2.21. The number of benzene rings is 1. The molecule has 1 aromatic carbocycles. The highest BCUT2D eigenvalue weighted by molar-refractivity contribution is 8.13. The van der Waals surface area contributed by atoms with Crippen molar-refractivity contribution in [2.45, 2.75) is 30.7 Å². The lowest BCUT2D eigenvalue weighted by atomic mass is 10.2. The van der Waals surface area contributed by atoms with Crippen LogP contribution in [0.3, 0.4) is 0 Å². The Morgan fingerprint density at radius 1 is 1.35 bits per heavy atom. The van der Waals surface area contributed by atoms with Crippen LogP contribution in [0, 0.1) is 0 Å². The largest absolute Gasteiger partial charge is 0.336 e. The van der Waals surface area contributed by atoms with E-state index in [1.807, 2.05) is 6.92 Å². The second-order valence-electron chi connectivity index (χ2n) is 4.53. The lowest BCUT2D eigenvalue weighted by molar-refractivity contribution is 0.0752. The number of rotatable bonds is 4. The fourth-order valence-electron chi connectivity index (χ4n) is 2.01. The molecule has 110 valence electrons. The number of hydrogen-bond donors (Lipinski definition) is 0. The first-order valence-corrected chi connectivity index (χ1v) is 9.07. The molecule has 0 heterocycles. The van der Waals surface area contributed by atoms with Crippen molar-refractivity contribution >= 4 is 48.8 Å². The molecule has 0 radical (unpaired) electrons. The Kier molecular flexibility index (Phi) is 4.54. The average molecular weight is 357 g/mol. The number of halogens is 3. The summed E-state index contributed by atoms with van der Waals surface area (Å²) in [7, 11) is 1.24. The van der Waals surface area contributed by atoms with Gasteiger partial charge in [-0.25, -0.2) is 8.42 Å². The number of carbonyl (C=O) groups excluding carboxylic acids is 1. The van der Waals surface area contributed by atoms with Crippen LogP contribution in [0.5, 0.6) is 0 Å². The number of amides is 1. The quantitative estimate of drug-likeness (QED) is 0.775. The Hall–Kier alpha value is -0.490. The summed E-state index contributed by atoms with van der Waals surface area (Å²) in [5.41, 5.74) is 0.0622. The summed E-state index contributed by atoms with van der Waals surface area (Å²) in [5.74, 6) is -0.330. The first-order chi connectivity index (χ1) is 9.25. The van der Waals surface area contributed by atoms with Crippen molar-refractivity contribution in [2.75, 3.05) is 6.54 Å². The van der Waals surface area contributed by atoms with Gasteiger partial charge in [0.25, 0.3) is 15.0 Å². The Balaban J connectivity index is 2.51. The Bertz CT molecular complexity index is 656. The van der Waals surface area contributed by atoms with Crippen LogP contribution in [0.25, 0.3) is 0 Å². The fraction of sp³-hybridized carbons (Fsp3) is 0.417. The maximum Gasteiger partial charge on any atom is 0.262 e. The molecule has 1 saturated carbocycles. The van der Waals surface area contributed by atoms with E-state index >= 15 is 0 Å². The van der Waals surface area contributed by atoms with Crippen molar-refractivity contribution in [3.05, 3.63) is 27.7 Å². The summed E-state index contributed by atoms with van der Waals surface area (Å²) in [5, 5.41) is -0.0858. The summed E-state index contributed by atoms with van der Waals surface area (Å²) in [6.45, 7) is 2.38. The van der Waals surface area contributed by atoms with E-state index in [0.717, 1.165) is 18.9 Å². The standard InChI is InChI=1S/C12H12Cl3NO3S/c1-2-16(8-3-4-8)12(17)9-5-7(13)6-10(11(9)14)20(15,18)19/h5-6,8H,2-4H2,1H3. The van der Waals surface area contributed by atoms with Crippen LogP contribution in [-0.2, 0) is 9.05 Å². The van der Waals surface area contributed by atoms with Crippen LogP contribution in [0.15, 0.2) is 17.0 Å². The predicted octanol–water partition coefficient (Wildman–Crippen LogP) is 3.55. The molecule has 0 spiro atoms. The van der Waals surface area contributed by atoms with E-state index in [1.165, 1.54) is 6.07 Å². The van der Waals surface area contributed by atoms with Crippen LogP contribution >= 0.6 is 33.9 Å². The molecule has 0 atom stereocenters. The van der Waals surface area contributed by atoms with Gasteiger partial charge in [0.2, 0.25) is 0 Å². The predicted molar refractivity (Wildman–Crippen MR) is 79.2 cm³/mol. The summed E-state index contributed by atoms with van der Waals surface area (Å²) >= 11 is 11.9. The van der Waals surface area contributed by atoms with Gasteiger partial charge in [-0.2, -0.15) is 0 Å². The minimum absolute atomic E-state index is 0.0622.